The van der Waals surface area contributed by atoms with E-state index in [0.29, 0.717) is 17.7 Å². The first-order valence-electron chi connectivity index (χ1n) is 12.5. The maximum absolute atomic E-state index is 12.0. The molecule has 2 aromatic rings. The van der Waals surface area contributed by atoms with Gasteiger partial charge in [0.15, 0.2) is 6.29 Å². The van der Waals surface area contributed by atoms with Gasteiger partial charge in [0, 0.05) is 6.07 Å². The zero-order valence-electron chi connectivity index (χ0n) is 24.0. The van der Waals surface area contributed by atoms with Crippen LogP contribution in [0.5, 0.6) is 17.2 Å². The highest BCUT2D eigenvalue weighted by Crippen LogP contribution is 2.35. The molecule has 0 atom stereocenters. The minimum atomic E-state index is -0.678. The van der Waals surface area contributed by atoms with E-state index >= 15 is 0 Å². The van der Waals surface area contributed by atoms with Crippen molar-refractivity contribution in [2.24, 2.45) is 0 Å². The predicted molar refractivity (Wildman–Crippen MR) is 148 cm³/mol. The van der Waals surface area contributed by atoms with Gasteiger partial charge in [-0.25, -0.2) is 0 Å². The van der Waals surface area contributed by atoms with E-state index in [1.807, 2.05) is 6.92 Å². The van der Waals surface area contributed by atoms with Crippen LogP contribution in [0.1, 0.15) is 15.9 Å². The van der Waals surface area contributed by atoms with Crippen LogP contribution in [0.4, 0.5) is 11.4 Å². The van der Waals surface area contributed by atoms with Crippen molar-refractivity contribution in [3.8, 4) is 17.2 Å². The van der Waals surface area contributed by atoms with Crippen molar-refractivity contribution in [1.82, 2.24) is 0 Å². The number of phenolic OH excluding ortho intramolecular Hbond substituents is 1. The lowest BCUT2D eigenvalue weighted by Gasteiger charge is -2.26. The standard InChI is InChI=1S/C28H34N2O12/c1-18-6-7-20(29(13-25(33)37-2)14-26(34)38-3)23(10-18)41-8-9-42-24-11-19(17-31)22(32)12-21(24)30(15-27(35)39-4)16-28(36)40-5/h6-7,10-12,17,32H,8-9,13-16H2,1-5H3. The molecule has 0 bridgehead atoms. The number of carbonyl (C=O) groups is 5. The maximum Gasteiger partial charge on any atom is 0.325 e. The monoisotopic (exact) mass is 590 g/mol. The van der Waals surface area contributed by atoms with Crippen molar-refractivity contribution >= 4 is 41.5 Å². The summed E-state index contributed by atoms with van der Waals surface area (Å²) in [5.41, 5.74) is 1.29. The minimum Gasteiger partial charge on any atom is -0.507 e. The van der Waals surface area contributed by atoms with E-state index < -0.39 is 29.6 Å². The van der Waals surface area contributed by atoms with Crippen molar-refractivity contribution in [3.05, 3.63) is 41.5 Å². The molecule has 0 radical (unpaired) electrons. The van der Waals surface area contributed by atoms with Gasteiger partial charge in [0.05, 0.1) is 45.4 Å². The number of hydrogen-bond donors (Lipinski definition) is 1. The summed E-state index contributed by atoms with van der Waals surface area (Å²) < 4.78 is 30.7. The number of phenols is 1. The average molecular weight is 591 g/mol. The predicted octanol–water partition coefficient (Wildman–Crippen LogP) is 1.28. The van der Waals surface area contributed by atoms with Gasteiger partial charge in [0.25, 0.3) is 0 Å². The average Bonchev–Trinajstić information content (AvgIpc) is 2.98. The largest absolute Gasteiger partial charge is 0.507 e. The third-order valence-electron chi connectivity index (χ3n) is 5.82. The van der Waals surface area contributed by atoms with Gasteiger partial charge < -0.3 is 43.3 Å². The van der Waals surface area contributed by atoms with Gasteiger partial charge in [-0.15, -0.1) is 0 Å². The summed E-state index contributed by atoms with van der Waals surface area (Å²) in [6.45, 7) is 0.417. The molecule has 2 rings (SSSR count). The van der Waals surface area contributed by atoms with E-state index in [9.17, 15) is 29.1 Å². The number of benzene rings is 2. The van der Waals surface area contributed by atoms with E-state index in [2.05, 4.69) is 0 Å². The number of aryl methyl sites for hydroxylation is 1. The normalized spacial score (nSPS) is 10.2. The number of methoxy groups -OCH3 is 4. The van der Waals surface area contributed by atoms with Crippen LogP contribution in [0.2, 0.25) is 0 Å². The fraction of sp³-hybridized carbons (Fsp3) is 0.393. The lowest BCUT2D eigenvalue weighted by Crippen LogP contribution is -2.36. The molecule has 0 aliphatic rings. The number of anilines is 2. The number of hydrogen-bond acceptors (Lipinski definition) is 14. The number of rotatable bonds is 16. The molecule has 0 amide bonds. The Bertz CT molecular complexity index is 1240. The highest BCUT2D eigenvalue weighted by molar-refractivity contribution is 5.87. The van der Waals surface area contributed by atoms with Crippen LogP contribution in [0.25, 0.3) is 0 Å². The van der Waals surface area contributed by atoms with Crippen molar-refractivity contribution in [1.29, 1.82) is 0 Å². The van der Waals surface area contributed by atoms with Gasteiger partial charge in [-0.2, -0.15) is 0 Å². The Labute approximate surface area is 242 Å². The second-order valence-corrected chi connectivity index (χ2v) is 8.68. The summed E-state index contributed by atoms with van der Waals surface area (Å²) in [5, 5.41) is 10.3. The van der Waals surface area contributed by atoms with Crippen molar-refractivity contribution < 1.29 is 57.5 Å². The van der Waals surface area contributed by atoms with Crippen LogP contribution in [0.15, 0.2) is 30.3 Å². The van der Waals surface area contributed by atoms with Crippen LogP contribution in [0.3, 0.4) is 0 Å². The summed E-state index contributed by atoms with van der Waals surface area (Å²) in [7, 11) is 4.82. The Morgan fingerprint density at radius 2 is 1.12 bits per heavy atom. The maximum atomic E-state index is 12.0. The molecule has 0 unspecified atom stereocenters. The van der Waals surface area contributed by atoms with E-state index in [-0.39, 0.29) is 56.4 Å². The molecule has 0 saturated carbocycles. The van der Waals surface area contributed by atoms with Crippen molar-refractivity contribution in [2.45, 2.75) is 6.92 Å². The fourth-order valence-electron chi connectivity index (χ4n) is 3.67. The van der Waals surface area contributed by atoms with E-state index in [1.54, 1.807) is 18.2 Å². The highest BCUT2D eigenvalue weighted by atomic mass is 16.5. The second kappa shape index (κ2) is 16.3. The fourth-order valence-corrected chi connectivity index (χ4v) is 3.67. The van der Waals surface area contributed by atoms with Crippen molar-refractivity contribution in [2.75, 3.05) is 77.6 Å². The Kier molecular flexibility index (Phi) is 12.9. The van der Waals surface area contributed by atoms with Gasteiger partial charge >= 0.3 is 23.9 Å². The smallest absolute Gasteiger partial charge is 0.325 e. The number of esters is 4. The molecule has 0 aliphatic carbocycles. The van der Waals surface area contributed by atoms with E-state index in [0.717, 1.165) is 5.56 Å². The summed E-state index contributed by atoms with van der Waals surface area (Å²) in [6, 6.07) is 7.61. The number of aromatic hydroxyl groups is 1. The summed E-state index contributed by atoms with van der Waals surface area (Å²) in [5.74, 6) is -2.52. The highest BCUT2D eigenvalue weighted by Gasteiger charge is 2.23. The second-order valence-electron chi connectivity index (χ2n) is 8.68. The lowest BCUT2D eigenvalue weighted by molar-refractivity contribution is -0.141. The molecule has 42 heavy (non-hydrogen) atoms. The van der Waals surface area contributed by atoms with Gasteiger partial charge in [0.2, 0.25) is 0 Å². The zero-order valence-corrected chi connectivity index (χ0v) is 24.0. The first-order chi connectivity index (χ1) is 20.1. The SMILES string of the molecule is COC(=O)CN(CC(=O)OC)c1ccc(C)cc1OCCOc1cc(C=O)c(O)cc1N(CC(=O)OC)CC(=O)OC. The number of nitrogens with zero attached hydrogens (tertiary/aromatic N) is 2. The Hall–Kier alpha value is -5.01. The molecule has 14 nitrogen and oxygen atoms in total. The van der Waals surface area contributed by atoms with Gasteiger partial charge in [-0.1, -0.05) is 6.07 Å². The molecule has 0 aromatic heterocycles. The third kappa shape index (κ3) is 9.57. The van der Waals surface area contributed by atoms with E-state index in [4.69, 9.17) is 28.4 Å². The van der Waals surface area contributed by atoms with Crippen LogP contribution in [-0.2, 0) is 38.1 Å². The molecule has 1 N–H and O–H groups in total. The third-order valence-corrected chi connectivity index (χ3v) is 5.82. The quantitative estimate of drug-likeness (QED) is 0.128. The molecule has 0 aliphatic heterocycles. The number of ether oxygens (including phenoxy) is 6. The van der Waals surface area contributed by atoms with Gasteiger partial charge in [-0.3, -0.25) is 24.0 Å². The Balaban J connectivity index is 2.32. The topological polar surface area (TPSA) is 167 Å². The summed E-state index contributed by atoms with van der Waals surface area (Å²) in [4.78, 5) is 62.3. The molecule has 228 valence electrons. The molecule has 0 fully saturated rings. The van der Waals surface area contributed by atoms with E-state index in [1.165, 1.54) is 50.4 Å². The molecule has 0 spiro atoms. The molecular formula is C28H34N2O12. The summed E-state index contributed by atoms with van der Waals surface area (Å²) in [6.07, 6.45) is 0.420. The van der Waals surface area contributed by atoms with Crippen LogP contribution < -0.4 is 19.3 Å². The summed E-state index contributed by atoms with van der Waals surface area (Å²) >= 11 is 0. The molecule has 0 heterocycles. The molecule has 0 saturated heterocycles. The van der Waals surface area contributed by atoms with Gasteiger partial charge in [0.1, 0.15) is 56.6 Å². The van der Waals surface area contributed by atoms with Crippen LogP contribution in [-0.4, -0.2) is 103 Å². The Morgan fingerprint density at radius 1 is 0.690 bits per heavy atom. The molecular weight excluding hydrogens is 556 g/mol. The first kappa shape index (κ1) is 33.2. The first-order valence-corrected chi connectivity index (χ1v) is 12.5. The lowest BCUT2D eigenvalue weighted by atomic mass is 10.1. The molecule has 2 aromatic carbocycles. The van der Waals surface area contributed by atoms with Crippen molar-refractivity contribution in [3.63, 3.8) is 0 Å². The number of carbonyl (C=O) groups excluding carboxylic acids is 5. The Morgan fingerprint density at radius 3 is 1.55 bits per heavy atom. The number of aldehydes is 1. The van der Waals surface area contributed by atoms with Crippen LogP contribution in [0, 0.1) is 6.92 Å². The molecule has 14 heteroatoms. The minimum absolute atomic E-state index is 0.0501. The van der Waals surface area contributed by atoms with Gasteiger partial charge in [-0.05, 0) is 30.7 Å². The van der Waals surface area contributed by atoms with Crippen LogP contribution >= 0.6 is 0 Å². The zero-order chi connectivity index (χ0) is 31.2.